The van der Waals surface area contributed by atoms with E-state index >= 15 is 0 Å². The molecule has 5 aromatic heterocycles. The second-order valence-corrected chi connectivity index (χ2v) is 6.70. The Morgan fingerprint density at radius 2 is 2.07 bits per heavy atom. The van der Waals surface area contributed by atoms with Crippen LogP contribution in [0.5, 0.6) is 0 Å². The van der Waals surface area contributed by atoms with Crippen molar-refractivity contribution in [3.05, 3.63) is 72.6 Å². The van der Waals surface area contributed by atoms with Gasteiger partial charge >= 0.3 is 0 Å². The van der Waals surface area contributed by atoms with Crippen molar-refractivity contribution in [1.29, 1.82) is 0 Å². The van der Waals surface area contributed by atoms with E-state index in [1.165, 1.54) is 0 Å². The molecular weight excluding hydrogens is 366 g/mol. The molecule has 2 N–H and O–H groups in total. The van der Waals surface area contributed by atoms with Crippen LogP contribution in [0.2, 0.25) is 0 Å². The maximum Gasteiger partial charge on any atom is 0.270 e. The van der Waals surface area contributed by atoms with Gasteiger partial charge in [-0.25, -0.2) is 15.0 Å². The second-order valence-electron chi connectivity index (χ2n) is 6.70. The zero-order chi connectivity index (χ0) is 19.8. The smallest absolute Gasteiger partial charge is 0.270 e. The van der Waals surface area contributed by atoms with E-state index in [1.54, 1.807) is 36.9 Å². The molecule has 8 heteroatoms. The van der Waals surface area contributed by atoms with Crippen LogP contribution in [0.15, 0.2) is 61.2 Å². The van der Waals surface area contributed by atoms with Crippen molar-refractivity contribution in [2.75, 3.05) is 0 Å². The first-order valence-corrected chi connectivity index (χ1v) is 9.13. The summed E-state index contributed by atoms with van der Waals surface area (Å²) in [7, 11) is 1.96. The molecule has 0 bridgehead atoms. The van der Waals surface area contributed by atoms with Gasteiger partial charge in [0.15, 0.2) is 0 Å². The summed E-state index contributed by atoms with van der Waals surface area (Å²) >= 11 is 0. The van der Waals surface area contributed by atoms with Gasteiger partial charge in [0, 0.05) is 18.6 Å². The lowest BCUT2D eigenvalue weighted by Crippen LogP contribution is -2.24. The van der Waals surface area contributed by atoms with Crippen molar-refractivity contribution in [2.45, 2.75) is 6.54 Å². The van der Waals surface area contributed by atoms with Crippen LogP contribution in [0.1, 0.15) is 16.2 Å². The monoisotopic (exact) mass is 383 g/mol. The Morgan fingerprint density at radius 3 is 2.93 bits per heavy atom. The summed E-state index contributed by atoms with van der Waals surface area (Å²) in [5.41, 5.74) is 5.43. The first-order valence-electron chi connectivity index (χ1n) is 9.13. The number of aromatic nitrogens is 6. The lowest BCUT2D eigenvalue weighted by Gasteiger charge is -2.05. The molecule has 0 unspecified atom stereocenters. The molecule has 0 radical (unpaired) electrons. The van der Waals surface area contributed by atoms with Gasteiger partial charge in [0.25, 0.3) is 5.91 Å². The number of aromatic amines is 1. The van der Waals surface area contributed by atoms with Gasteiger partial charge in [0.1, 0.15) is 16.9 Å². The summed E-state index contributed by atoms with van der Waals surface area (Å²) in [5, 5.41) is 3.84. The molecule has 0 fully saturated rings. The lowest BCUT2D eigenvalue weighted by molar-refractivity contribution is 0.0945. The molecule has 0 aliphatic rings. The van der Waals surface area contributed by atoms with Gasteiger partial charge in [-0.15, -0.1) is 0 Å². The zero-order valence-electron chi connectivity index (χ0n) is 15.6. The van der Waals surface area contributed by atoms with Crippen LogP contribution in [0.3, 0.4) is 0 Å². The minimum atomic E-state index is -0.230. The number of carbonyl (C=O) groups is 1. The number of aryl methyl sites for hydroxylation is 1. The quantitative estimate of drug-likeness (QED) is 0.497. The molecule has 8 nitrogen and oxygen atoms in total. The van der Waals surface area contributed by atoms with E-state index in [9.17, 15) is 4.79 Å². The number of fused-ring (bicyclic) bond motifs is 3. The molecule has 0 saturated carbocycles. The Kier molecular flexibility index (Phi) is 4.02. The van der Waals surface area contributed by atoms with Crippen LogP contribution in [0, 0.1) is 0 Å². The predicted molar refractivity (Wildman–Crippen MR) is 109 cm³/mol. The van der Waals surface area contributed by atoms with E-state index < -0.39 is 0 Å². The number of amides is 1. The van der Waals surface area contributed by atoms with Crippen molar-refractivity contribution in [1.82, 2.24) is 34.8 Å². The molecule has 1 amide bonds. The van der Waals surface area contributed by atoms with Gasteiger partial charge in [-0.05, 0) is 30.3 Å². The summed E-state index contributed by atoms with van der Waals surface area (Å²) in [6.45, 7) is 0.313. The van der Waals surface area contributed by atoms with E-state index in [0.717, 1.165) is 39.1 Å². The highest BCUT2D eigenvalue weighted by Gasteiger charge is 2.12. The third kappa shape index (κ3) is 3.10. The van der Waals surface area contributed by atoms with Gasteiger partial charge in [-0.2, -0.15) is 0 Å². The van der Waals surface area contributed by atoms with Crippen LogP contribution >= 0.6 is 0 Å². The van der Waals surface area contributed by atoms with E-state index in [0.29, 0.717) is 12.2 Å². The van der Waals surface area contributed by atoms with Crippen molar-refractivity contribution in [3.8, 4) is 11.4 Å². The third-order valence-electron chi connectivity index (χ3n) is 4.74. The van der Waals surface area contributed by atoms with Gasteiger partial charge < -0.3 is 14.9 Å². The SMILES string of the molecule is Cn1cnc2cnc3[nH]c(-c4cccc(CNC(=O)c5ccccn5)n4)cc3c21. The van der Waals surface area contributed by atoms with Gasteiger partial charge in [0.05, 0.1) is 41.7 Å². The fourth-order valence-electron chi connectivity index (χ4n) is 3.35. The lowest BCUT2D eigenvalue weighted by atomic mass is 10.2. The Bertz CT molecular complexity index is 1340. The maximum absolute atomic E-state index is 12.2. The minimum absolute atomic E-state index is 0.230. The highest BCUT2D eigenvalue weighted by atomic mass is 16.1. The molecule has 0 aliphatic carbocycles. The number of hydrogen-bond acceptors (Lipinski definition) is 5. The first-order chi connectivity index (χ1) is 14.2. The van der Waals surface area contributed by atoms with Crippen LogP contribution in [-0.2, 0) is 13.6 Å². The molecule has 29 heavy (non-hydrogen) atoms. The summed E-state index contributed by atoms with van der Waals surface area (Å²) in [6, 6.07) is 13.0. The van der Waals surface area contributed by atoms with Crippen molar-refractivity contribution < 1.29 is 4.79 Å². The molecule has 142 valence electrons. The standard InChI is InChI=1S/C21H17N7O/c1-28-12-25-18-11-23-20-14(19(18)28)9-17(27-20)15-7-4-5-13(26-15)10-24-21(29)16-6-2-3-8-22-16/h2-9,11-12H,10H2,1H3,(H,23,27)(H,24,29). The summed E-state index contributed by atoms with van der Waals surface area (Å²) in [6.07, 6.45) is 5.13. The average molecular weight is 383 g/mol. The van der Waals surface area contributed by atoms with E-state index in [1.807, 2.05) is 35.9 Å². The van der Waals surface area contributed by atoms with Gasteiger partial charge in [-0.3, -0.25) is 9.78 Å². The molecule has 5 aromatic rings. The number of imidazole rings is 1. The number of carbonyl (C=O) groups excluding carboxylic acids is 1. The highest BCUT2D eigenvalue weighted by Crippen LogP contribution is 2.27. The Balaban J connectivity index is 1.43. The molecule has 0 aliphatic heterocycles. The van der Waals surface area contributed by atoms with Crippen molar-refractivity contribution in [2.24, 2.45) is 7.05 Å². The average Bonchev–Trinajstić information content (AvgIpc) is 3.36. The molecule has 0 aromatic carbocycles. The number of nitrogens with one attached hydrogen (secondary N) is 2. The van der Waals surface area contributed by atoms with Crippen LogP contribution < -0.4 is 5.32 Å². The fourth-order valence-corrected chi connectivity index (χ4v) is 3.35. The Morgan fingerprint density at radius 1 is 1.14 bits per heavy atom. The molecule has 0 atom stereocenters. The number of nitrogens with zero attached hydrogens (tertiary/aromatic N) is 5. The Hall–Kier alpha value is -4.07. The Labute approximate surface area is 165 Å². The first kappa shape index (κ1) is 17.1. The van der Waals surface area contributed by atoms with Crippen LogP contribution in [-0.4, -0.2) is 35.4 Å². The normalized spacial score (nSPS) is 11.2. The number of hydrogen-bond donors (Lipinski definition) is 2. The van der Waals surface area contributed by atoms with Crippen molar-refractivity contribution >= 4 is 28.0 Å². The van der Waals surface area contributed by atoms with E-state index in [4.69, 9.17) is 0 Å². The molecule has 5 rings (SSSR count). The summed E-state index contributed by atoms with van der Waals surface area (Å²) in [4.78, 5) is 33.1. The molecular formula is C21H17N7O. The van der Waals surface area contributed by atoms with Crippen molar-refractivity contribution in [3.63, 3.8) is 0 Å². The summed E-state index contributed by atoms with van der Waals surface area (Å²) in [5.74, 6) is -0.230. The highest BCUT2D eigenvalue weighted by molar-refractivity contribution is 6.02. The van der Waals surface area contributed by atoms with E-state index in [-0.39, 0.29) is 5.91 Å². The minimum Gasteiger partial charge on any atom is -0.345 e. The largest absolute Gasteiger partial charge is 0.345 e. The third-order valence-corrected chi connectivity index (χ3v) is 4.74. The second kappa shape index (κ2) is 6.83. The number of pyridine rings is 3. The topological polar surface area (TPSA) is 101 Å². The van der Waals surface area contributed by atoms with Crippen LogP contribution in [0.4, 0.5) is 0 Å². The fraction of sp³-hybridized carbons (Fsp3) is 0.0952. The predicted octanol–water partition coefficient (Wildman–Crippen LogP) is 2.84. The van der Waals surface area contributed by atoms with Crippen LogP contribution in [0.25, 0.3) is 33.5 Å². The van der Waals surface area contributed by atoms with E-state index in [2.05, 4.69) is 30.2 Å². The molecule has 0 saturated heterocycles. The maximum atomic E-state index is 12.2. The summed E-state index contributed by atoms with van der Waals surface area (Å²) < 4.78 is 1.98. The van der Waals surface area contributed by atoms with Gasteiger partial charge in [-0.1, -0.05) is 12.1 Å². The number of rotatable bonds is 4. The number of H-pyrrole nitrogens is 1. The zero-order valence-corrected chi connectivity index (χ0v) is 15.6. The molecule has 5 heterocycles. The van der Waals surface area contributed by atoms with Gasteiger partial charge in [0.2, 0.25) is 0 Å². The molecule has 0 spiro atoms.